The average Bonchev–Trinajstić information content (AvgIpc) is 3.15. The molecule has 0 radical (unpaired) electrons. The summed E-state index contributed by atoms with van der Waals surface area (Å²) in [5.41, 5.74) is 2.03. The maximum absolute atomic E-state index is 2.85. The van der Waals surface area contributed by atoms with Gasteiger partial charge in [-0.1, -0.05) is 36.8 Å². The third kappa shape index (κ3) is 1.50. The Morgan fingerprint density at radius 3 is 2.39 bits per heavy atom. The van der Waals surface area contributed by atoms with E-state index in [2.05, 4.69) is 35.2 Å². The zero-order valence-corrected chi connectivity index (χ0v) is 11.1. The van der Waals surface area contributed by atoms with Crippen molar-refractivity contribution in [2.24, 2.45) is 11.8 Å². The first-order chi connectivity index (χ1) is 8.91. The molecule has 1 aliphatic heterocycles. The molecule has 0 bridgehead atoms. The lowest BCUT2D eigenvalue weighted by Crippen LogP contribution is -2.49. The van der Waals surface area contributed by atoms with Crippen LogP contribution in [0, 0.1) is 11.8 Å². The largest absolute Gasteiger partial charge is 0.293 e. The summed E-state index contributed by atoms with van der Waals surface area (Å²) in [5, 5.41) is 0. The van der Waals surface area contributed by atoms with E-state index in [-0.39, 0.29) is 0 Å². The van der Waals surface area contributed by atoms with Gasteiger partial charge in [0.15, 0.2) is 0 Å². The van der Waals surface area contributed by atoms with Gasteiger partial charge in [0.1, 0.15) is 0 Å². The van der Waals surface area contributed by atoms with E-state index in [9.17, 15) is 0 Å². The lowest BCUT2D eigenvalue weighted by Gasteiger charge is -2.45. The van der Waals surface area contributed by atoms with Gasteiger partial charge in [-0.05, 0) is 62.6 Å². The number of nitrogens with zero attached hydrogens (tertiary/aromatic N) is 1. The molecule has 1 aromatic rings. The molecule has 96 valence electrons. The summed E-state index contributed by atoms with van der Waals surface area (Å²) in [6, 6.07) is 11.4. The average molecular weight is 241 g/mol. The Bertz CT molecular complexity index is 420. The Morgan fingerprint density at radius 1 is 1.00 bits per heavy atom. The van der Waals surface area contributed by atoms with Crippen LogP contribution >= 0.6 is 0 Å². The fourth-order valence-corrected chi connectivity index (χ4v) is 4.70. The molecular formula is C17H23N. The molecule has 1 saturated heterocycles. The lowest BCUT2D eigenvalue weighted by atomic mass is 9.81. The molecule has 1 heteroatoms. The van der Waals surface area contributed by atoms with Crippen molar-refractivity contribution >= 4 is 0 Å². The standard InChI is InChI=1S/C17H23N/c1-3-7-15(8-4-1)17(10-9-14-13-16(14)17)18-11-5-2-6-12-18/h1,3-4,7-8,14,16H,2,5-6,9-13H2/t14-,16+,17-/m0/s1. The highest BCUT2D eigenvalue weighted by Crippen LogP contribution is 2.64. The highest BCUT2D eigenvalue weighted by Gasteiger charge is 2.60. The summed E-state index contributed by atoms with van der Waals surface area (Å²) in [7, 11) is 0. The number of fused-ring (bicyclic) bond motifs is 1. The number of hydrogen-bond acceptors (Lipinski definition) is 1. The number of hydrogen-bond donors (Lipinski definition) is 0. The SMILES string of the molecule is c1ccc([C@@]2(N3CCCCC3)CC[C@H]3C[C@H]32)cc1. The molecular weight excluding hydrogens is 218 g/mol. The number of rotatable bonds is 2. The van der Waals surface area contributed by atoms with E-state index in [4.69, 9.17) is 0 Å². The summed E-state index contributed by atoms with van der Waals surface area (Å²) in [5.74, 6) is 2.02. The predicted molar refractivity (Wildman–Crippen MR) is 74.4 cm³/mol. The molecule has 0 unspecified atom stereocenters. The zero-order chi connectivity index (χ0) is 12.0. The third-order valence-corrected chi connectivity index (χ3v) is 5.63. The summed E-state index contributed by atoms with van der Waals surface area (Å²) >= 11 is 0. The molecule has 0 N–H and O–H groups in total. The second-order valence-corrected chi connectivity index (χ2v) is 6.48. The second-order valence-electron chi connectivity index (χ2n) is 6.48. The van der Waals surface area contributed by atoms with Crippen LogP contribution in [0.15, 0.2) is 30.3 Å². The van der Waals surface area contributed by atoms with Gasteiger partial charge in [-0.3, -0.25) is 4.90 Å². The Balaban J connectivity index is 1.74. The Kier molecular flexibility index (Phi) is 2.51. The number of likely N-dealkylation sites (tertiary alicyclic amines) is 1. The molecule has 0 amide bonds. The quantitative estimate of drug-likeness (QED) is 0.761. The minimum atomic E-state index is 0.423. The second kappa shape index (κ2) is 4.09. The van der Waals surface area contributed by atoms with E-state index in [0.717, 1.165) is 11.8 Å². The Morgan fingerprint density at radius 2 is 1.78 bits per heavy atom. The van der Waals surface area contributed by atoms with Crippen LogP contribution in [-0.4, -0.2) is 18.0 Å². The van der Waals surface area contributed by atoms with Crippen molar-refractivity contribution in [3.05, 3.63) is 35.9 Å². The van der Waals surface area contributed by atoms with Crippen molar-refractivity contribution in [3.8, 4) is 0 Å². The minimum absolute atomic E-state index is 0.423. The summed E-state index contributed by atoms with van der Waals surface area (Å²) in [6.45, 7) is 2.66. The van der Waals surface area contributed by atoms with Crippen LogP contribution in [-0.2, 0) is 5.54 Å². The van der Waals surface area contributed by atoms with Crippen molar-refractivity contribution in [1.82, 2.24) is 4.90 Å². The van der Waals surface area contributed by atoms with E-state index in [1.165, 1.54) is 51.6 Å². The molecule has 3 fully saturated rings. The lowest BCUT2D eigenvalue weighted by molar-refractivity contribution is 0.0494. The van der Waals surface area contributed by atoms with Crippen LogP contribution in [0.1, 0.15) is 44.1 Å². The topological polar surface area (TPSA) is 3.24 Å². The Labute approximate surface area is 110 Å². The van der Waals surface area contributed by atoms with E-state index in [1.807, 2.05) is 0 Å². The van der Waals surface area contributed by atoms with Gasteiger partial charge in [0.25, 0.3) is 0 Å². The van der Waals surface area contributed by atoms with E-state index < -0.39 is 0 Å². The monoisotopic (exact) mass is 241 g/mol. The maximum atomic E-state index is 2.85. The maximum Gasteiger partial charge on any atom is 0.0491 e. The molecule has 2 aliphatic carbocycles. The molecule has 0 spiro atoms. The van der Waals surface area contributed by atoms with Gasteiger partial charge >= 0.3 is 0 Å². The molecule has 18 heavy (non-hydrogen) atoms. The molecule has 4 rings (SSSR count). The van der Waals surface area contributed by atoms with Gasteiger partial charge in [0.2, 0.25) is 0 Å². The highest BCUT2D eigenvalue weighted by atomic mass is 15.2. The van der Waals surface area contributed by atoms with Gasteiger partial charge in [-0.25, -0.2) is 0 Å². The first kappa shape index (κ1) is 11.0. The molecule has 0 aromatic heterocycles. The van der Waals surface area contributed by atoms with Crippen LogP contribution in [0.4, 0.5) is 0 Å². The van der Waals surface area contributed by atoms with Gasteiger partial charge in [0.05, 0.1) is 0 Å². The fourth-order valence-electron chi connectivity index (χ4n) is 4.70. The number of benzene rings is 1. The fraction of sp³-hybridized carbons (Fsp3) is 0.647. The highest BCUT2D eigenvalue weighted by molar-refractivity contribution is 5.31. The Hall–Kier alpha value is -0.820. The van der Waals surface area contributed by atoms with Crippen LogP contribution in [0.2, 0.25) is 0 Å². The van der Waals surface area contributed by atoms with Gasteiger partial charge < -0.3 is 0 Å². The first-order valence-electron chi connectivity index (χ1n) is 7.72. The summed E-state index contributed by atoms with van der Waals surface area (Å²) in [6.07, 6.45) is 8.63. The van der Waals surface area contributed by atoms with Crippen molar-refractivity contribution in [2.75, 3.05) is 13.1 Å². The van der Waals surface area contributed by atoms with Gasteiger partial charge in [0, 0.05) is 5.54 Å². The van der Waals surface area contributed by atoms with E-state index in [1.54, 1.807) is 5.56 Å². The van der Waals surface area contributed by atoms with Crippen LogP contribution < -0.4 is 0 Å². The van der Waals surface area contributed by atoms with Gasteiger partial charge in [-0.2, -0.15) is 0 Å². The van der Waals surface area contributed by atoms with E-state index >= 15 is 0 Å². The van der Waals surface area contributed by atoms with Crippen molar-refractivity contribution in [2.45, 2.75) is 44.1 Å². The number of piperidine rings is 1. The molecule has 2 saturated carbocycles. The van der Waals surface area contributed by atoms with Crippen LogP contribution in [0.5, 0.6) is 0 Å². The molecule has 1 heterocycles. The molecule has 1 nitrogen and oxygen atoms in total. The van der Waals surface area contributed by atoms with Crippen LogP contribution in [0.3, 0.4) is 0 Å². The first-order valence-corrected chi connectivity index (χ1v) is 7.72. The minimum Gasteiger partial charge on any atom is -0.293 e. The molecule has 1 aromatic carbocycles. The molecule has 3 atom stereocenters. The van der Waals surface area contributed by atoms with Gasteiger partial charge in [-0.15, -0.1) is 0 Å². The van der Waals surface area contributed by atoms with Crippen LogP contribution in [0.25, 0.3) is 0 Å². The zero-order valence-electron chi connectivity index (χ0n) is 11.1. The summed E-state index contributed by atoms with van der Waals surface area (Å²) < 4.78 is 0. The van der Waals surface area contributed by atoms with Crippen molar-refractivity contribution in [3.63, 3.8) is 0 Å². The molecule has 3 aliphatic rings. The van der Waals surface area contributed by atoms with Crippen molar-refractivity contribution in [1.29, 1.82) is 0 Å². The predicted octanol–water partition coefficient (Wildman–Crippen LogP) is 3.80. The normalized spacial score (nSPS) is 39.6. The van der Waals surface area contributed by atoms with E-state index in [0.29, 0.717) is 5.54 Å². The summed E-state index contributed by atoms with van der Waals surface area (Å²) in [4.78, 5) is 2.85. The smallest absolute Gasteiger partial charge is 0.0491 e. The third-order valence-electron chi connectivity index (χ3n) is 5.63. The van der Waals surface area contributed by atoms with Crippen molar-refractivity contribution < 1.29 is 0 Å².